The first-order chi connectivity index (χ1) is 10.8. The summed E-state index contributed by atoms with van der Waals surface area (Å²) < 4.78 is 6.01. The average molecular weight is 298 g/mol. The number of rotatable bonds is 4. The Morgan fingerprint density at radius 3 is 2.95 bits per heavy atom. The van der Waals surface area contributed by atoms with E-state index in [1.54, 1.807) is 0 Å². The van der Waals surface area contributed by atoms with Crippen LogP contribution in [0, 0.1) is 0 Å². The van der Waals surface area contributed by atoms with Gasteiger partial charge in [-0.05, 0) is 42.9 Å². The Morgan fingerprint density at radius 1 is 1.23 bits per heavy atom. The Kier molecular flexibility index (Phi) is 4.18. The van der Waals surface area contributed by atoms with Crippen LogP contribution < -0.4 is 10.5 Å². The van der Waals surface area contributed by atoms with Crippen molar-refractivity contribution in [3.05, 3.63) is 41.2 Å². The van der Waals surface area contributed by atoms with Crippen LogP contribution in [0.3, 0.4) is 0 Å². The van der Waals surface area contributed by atoms with Gasteiger partial charge in [0.2, 0.25) is 5.88 Å². The number of hydrogen-bond acceptors (Lipinski definition) is 6. The molecule has 0 atom stereocenters. The summed E-state index contributed by atoms with van der Waals surface area (Å²) >= 11 is 0. The molecule has 2 aromatic rings. The van der Waals surface area contributed by atoms with Crippen LogP contribution in [0.2, 0.25) is 0 Å². The minimum atomic E-state index is 0.301. The molecule has 0 spiro atoms. The van der Waals surface area contributed by atoms with Crippen LogP contribution in [-0.2, 0) is 17.7 Å². The fourth-order valence-corrected chi connectivity index (χ4v) is 2.65. The molecule has 3 rings (SSSR count). The van der Waals surface area contributed by atoms with E-state index in [2.05, 4.69) is 21.2 Å². The predicted octanol–water partition coefficient (Wildman–Crippen LogP) is 2.71. The molecule has 2 N–H and O–H groups in total. The summed E-state index contributed by atoms with van der Waals surface area (Å²) in [5.41, 5.74) is 8.98. The van der Waals surface area contributed by atoms with Crippen LogP contribution >= 0.6 is 0 Å². The van der Waals surface area contributed by atoms with Crippen molar-refractivity contribution in [1.82, 2.24) is 9.97 Å². The van der Waals surface area contributed by atoms with Crippen molar-refractivity contribution < 1.29 is 9.57 Å². The molecular weight excluding hydrogens is 280 g/mol. The van der Waals surface area contributed by atoms with Gasteiger partial charge in [0, 0.05) is 0 Å². The van der Waals surface area contributed by atoms with Crippen LogP contribution in [0.4, 0.5) is 5.82 Å². The van der Waals surface area contributed by atoms with Crippen LogP contribution in [-0.4, -0.2) is 23.3 Å². The number of aromatic nitrogens is 2. The molecule has 22 heavy (non-hydrogen) atoms. The van der Waals surface area contributed by atoms with Crippen LogP contribution in [0.1, 0.15) is 29.5 Å². The third-order valence-corrected chi connectivity index (χ3v) is 3.72. The van der Waals surface area contributed by atoms with Gasteiger partial charge in [0.15, 0.2) is 0 Å². The van der Waals surface area contributed by atoms with Gasteiger partial charge in [-0.15, -0.1) is 0 Å². The number of anilines is 1. The molecule has 114 valence electrons. The van der Waals surface area contributed by atoms with E-state index in [1.165, 1.54) is 43.6 Å². The van der Waals surface area contributed by atoms with Gasteiger partial charge in [-0.25, -0.2) is 9.97 Å². The molecule has 0 saturated carbocycles. The first-order valence-electron chi connectivity index (χ1n) is 7.25. The highest BCUT2D eigenvalue weighted by molar-refractivity contribution is 5.88. The van der Waals surface area contributed by atoms with E-state index in [-0.39, 0.29) is 0 Å². The molecule has 0 amide bonds. The normalized spacial score (nSPS) is 13.9. The number of nitrogens with two attached hydrogens (primary N) is 1. The van der Waals surface area contributed by atoms with Gasteiger partial charge in [0.1, 0.15) is 30.6 Å². The van der Waals surface area contributed by atoms with Crippen molar-refractivity contribution in [2.24, 2.45) is 5.16 Å². The molecule has 1 aliphatic carbocycles. The van der Waals surface area contributed by atoms with Gasteiger partial charge >= 0.3 is 0 Å². The molecule has 0 saturated heterocycles. The highest BCUT2D eigenvalue weighted by Gasteiger charge is 2.16. The van der Waals surface area contributed by atoms with Crippen molar-refractivity contribution in [3.63, 3.8) is 0 Å². The molecule has 6 heteroatoms. The van der Waals surface area contributed by atoms with E-state index in [4.69, 9.17) is 15.3 Å². The van der Waals surface area contributed by atoms with Gasteiger partial charge in [-0.3, -0.25) is 0 Å². The predicted molar refractivity (Wildman–Crippen MR) is 84.2 cm³/mol. The van der Waals surface area contributed by atoms with Gasteiger partial charge in [0.05, 0.1) is 6.21 Å². The first kappa shape index (κ1) is 14.3. The Balaban J connectivity index is 1.97. The van der Waals surface area contributed by atoms with Crippen molar-refractivity contribution in [2.45, 2.75) is 25.7 Å². The molecule has 6 nitrogen and oxygen atoms in total. The lowest BCUT2D eigenvalue weighted by atomic mass is 9.91. The van der Waals surface area contributed by atoms with Gasteiger partial charge in [-0.1, -0.05) is 17.3 Å². The third kappa shape index (κ3) is 2.86. The summed E-state index contributed by atoms with van der Waals surface area (Å²) in [6.07, 6.45) is 7.36. The fraction of sp³-hybridized carbons (Fsp3) is 0.312. The molecule has 0 fully saturated rings. The van der Waals surface area contributed by atoms with Crippen molar-refractivity contribution >= 4 is 12.0 Å². The average Bonchev–Trinajstić information content (AvgIpc) is 2.55. The number of aryl methyl sites for hydroxylation is 1. The fourth-order valence-electron chi connectivity index (χ4n) is 2.65. The van der Waals surface area contributed by atoms with Crippen LogP contribution in [0.25, 0.3) is 0 Å². The Morgan fingerprint density at radius 2 is 2.09 bits per heavy atom. The van der Waals surface area contributed by atoms with Crippen LogP contribution in [0.15, 0.2) is 29.7 Å². The minimum Gasteiger partial charge on any atom is -0.438 e. The van der Waals surface area contributed by atoms with Crippen molar-refractivity contribution in [1.29, 1.82) is 0 Å². The number of hydrogen-bond donors (Lipinski definition) is 1. The van der Waals surface area contributed by atoms with E-state index in [0.29, 0.717) is 17.3 Å². The monoisotopic (exact) mass is 298 g/mol. The molecule has 1 aliphatic rings. The molecule has 0 bridgehead atoms. The van der Waals surface area contributed by atoms with Crippen molar-refractivity contribution in [3.8, 4) is 11.6 Å². The Labute approximate surface area is 129 Å². The molecule has 1 aromatic carbocycles. The van der Waals surface area contributed by atoms with Gasteiger partial charge < -0.3 is 15.3 Å². The molecular formula is C16H18N4O2. The summed E-state index contributed by atoms with van der Waals surface area (Å²) in [5, 5.41) is 3.73. The number of nitrogen functional groups attached to an aromatic ring is 1. The maximum Gasteiger partial charge on any atom is 0.233 e. The topological polar surface area (TPSA) is 82.6 Å². The number of ether oxygens (including phenoxy) is 1. The standard InChI is InChI=1S/C16H18N4O2/c1-21-20-9-13-15(17)18-10-19-16(13)22-14-8-4-6-11-5-2-3-7-12(11)14/h4,6,8-10H,2-3,5,7H2,1H3,(H2,17,18,19)/b20-9-. The molecule has 0 aliphatic heterocycles. The van der Waals surface area contributed by atoms with E-state index >= 15 is 0 Å². The maximum atomic E-state index is 6.01. The van der Waals surface area contributed by atoms with E-state index < -0.39 is 0 Å². The number of benzene rings is 1. The molecule has 0 unspecified atom stereocenters. The zero-order chi connectivity index (χ0) is 15.4. The third-order valence-electron chi connectivity index (χ3n) is 3.72. The van der Waals surface area contributed by atoms with E-state index in [1.807, 2.05) is 12.1 Å². The summed E-state index contributed by atoms with van der Waals surface area (Å²) in [6.45, 7) is 0. The highest BCUT2D eigenvalue weighted by atomic mass is 16.6. The number of nitrogens with zero attached hydrogens (tertiary/aromatic N) is 3. The second-order valence-electron chi connectivity index (χ2n) is 5.10. The van der Waals surface area contributed by atoms with E-state index in [0.717, 1.165) is 18.6 Å². The van der Waals surface area contributed by atoms with Gasteiger partial charge in [0.25, 0.3) is 0 Å². The second-order valence-corrected chi connectivity index (χ2v) is 5.10. The van der Waals surface area contributed by atoms with Gasteiger partial charge in [-0.2, -0.15) is 0 Å². The minimum absolute atomic E-state index is 0.301. The lowest BCUT2D eigenvalue weighted by Gasteiger charge is -2.19. The molecule has 0 radical (unpaired) electrons. The summed E-state index contributed by atoms with van der Waals surface area (Å²) in [6, 6.07) is 6.12. The zero-order valence-electron chi connectivity index (χ0n) is 12.5. The summed E-state index contributed by atoms with van der Waals surface area (Å²) in [7, 11) is 1.46. The van der Waals surface area contributed by atoms with Crippen molar-refractivity contribution in [2.75, 3.05) is 12.8 Å². The quantitative estimate of drug-likeness (QED) is 0.693. The second kappa shape index (κ2) is 6.43. The lowest BCUT2D eigenvalue weighted by molar-refractivity contribution is 0.215. The Bertz CT molecular complexity index is 701. The zero-order valence-corrected chi connectivity index (χ0v) is 12.5. The smallest absolute Gasteiger partial charge is 0.233 e. The number of oxime groups is 1. The lowest BCUT2D eigenvalue weighted by Crippen LogP contribution is -2.06. The summed E-state index contributed by atoms with van der Waals surface area (Å²) in [4.78, 5) is 12.8. The van der Waals surface area contributed by atoms with Crippen LogP contribution in [0.5, 0.6) is 11.6 Å². The number of fused-ring (bicyclic) bond motifs is 1. The molecule has 1 aromatic heterocycles. The molecule has 1 heterocycles. The SMILES string of the molecule is CO/N=C\c1c(N)ncnc1Oc1cccc2c1CCCC2. The maximum absolute atomic E-state index is 6.01. The first-order valence-corrected chi connectivity index (χ1v) is 7.25. The van der Waals surface area contributed by atoms with E-state index in [9.17, 15) is 0 Å². The summed E-state index contributed by atoms with van der Waals surface area (Å²) in [5.74, 6) is 1.50. The largest absolute Gasteiger partial charge is 0.438 e. The highest BCUT2D eigenvalue weighted by Crippen LogP contribution is 2.33. The Hall–Kier alpha value is -2.63.